The molecule has 1 heterocycles. The summed E-state index contributed by atoms with van der Waals surface area (Å²) in [6.45, 7) is 7.18. The molecule has 0 spiro atoms. The molecule has 5 nitrogen and oxygen atoms in total. The minimum atomic E-state index is -0.00720. The number of guanidine groups is 1. The molecule has 126 valence electrons. The number of nitrogens with zero attached hydrogens (tertiary/aromatic N) is 2. The lowest BCUT2D eigenvalue weighted by atomic mass is 10.3. The second-order valence-corrected chi connectivity index (χ2v) is 6.64. The van der Waals surface area contributed by atoms with E-state index in [4.69, 9.17) is 0 Å². The smallest absolute Gasteiger partial charge is 0.243 e. The van der Waals surface area contributed by atoms with Crippen molar-refractivity contribution >= 4 is 47.2 Å². The second kappa shape index (κ2) is 10.8. The standard InChI is InChI=1S/C15H26N4OS.HI/c1-6-11(2)18-15(17-10-14(20)19(4)5)16-9-13-8-7-12(3)21-13;/h7-8,11H,6,9-10H2,1-5H3,(H2,16,17,18);1H. The summed E-state index contributed by atoms with van der Waals surface area (Å²) in [4.78, 5) is 20.1. The van der Waals surface area contributed by atoms with Gasteiger partial charge in [0.05, 0.1) is 6.54 Å². The van der Waals surface area contributed by atoms with Crippen molar-refractivity contribution in [3.05, 3.63) is 21.9 Å². The molecule has 0 fully saturated rings. The second-order valence-electron chi connectivity index (χ2n) is 5.27. The van der Waals surface area contributed by atoms with Crippen LogP contribution < -0.4 is 10.6 Å². The Morgan fingerprint density at radius 1 is 1.41 bits per heavy atom. The highest BCUT2D eigenvalue weighted by Crippen LogP contribution is 2.14. The zero-order valence-electron chi connectivity index (χ0n) is 14.0. The molecule has 0 radical (unpaired) electrons. The third-order valence-corrected chi connectivity index (χ3v) is 4.09. The summed E-state index contributed by atoms with van der Waals surface area (Å²) in [6.07, 6.45) is 1.00. The topological polar surface area (TPSA) is 56.7 Å². The Morgan fingerprint density at radius 2 is 2.09 bits per heavy atom. The van der Waals surface area contributed by atoms with Crippen LogP contribution in [0.1, 0.15) is 30.0 Å². The molecule has 22 heavy (non-hydrogen) atoms. The third-order valence-electron chi connectivity index (χ3n) is 3.09. The van der Waals surface area contributed by atoms with E-state index in [1.807, 2.05) is 0 Å². The Morgan fingerprint density at radius 3 is 2.59 bits per heavy atom. The van der Waals surface area contributed by atoms with Crippen LogP contribution in [-0.2, 0) is 11.3 Å². The van der Waals surface area contributed by atoms with E-state index in [2.05, 4.69) is 48.5 Å². The SMILES string of the molecule is CCC(C)NC(=NCC(=O)N(C)C)NCc1ccc(C)s1.I. The molecule has 1 amide bonds. The van der Waals surface area contributed by atoms with Crippen LogP contribution in [0.2, 0.25) is 0 Å². The lowest BCUT2D eigenvalue weighted by Gasteiger charge is -2.17. The molecular weight excluding hydrogens is 411 g/mol. The highest BCUT2D eigenvalue weighted by atomic mass is 127. The van der Waals surface area contributed by atoms with E-state index < -0.39 is 0 Å². The number of nitrogens with one attached hydrogen (secondary N) is 2. The maximum Gasteiger partial charge on any atom is 0.243 e. The number of rotatable bonds is 6. The van der Waals surface area contributed by atoms with Gasteiger partial charge in [0.15, 0.2) is 5.96 Å². The van der Waals surface area contributed by atoms with Crippen molar-refractivity contribution in [2.45, 2.75) is 39.8 Å². The number of aliphatic imine (C=N–C) groups is 1. The molecule has 0 aliphatic carbocycles. The maximum atomic E-state index is 11.6. The van der Waals surface area contributed by atoms with Gasteiger partial charge in [-0.2, -0.15) is 0 Å². The van der Waals surface area contributed by atoms with Gasteiger partial charge >= 0.3 is 0 Å². The number of hydrogen-bond donors (Lipinski definition) is 2. The molecule has 1 aromatic heterocycles. The van der Waals surface area contributed by atoms with E-state index in [-0.39, 0.29) is 36.4 Å². The molecule has 0 bridgehead atoms. The van der Waals surface area contributed by atoms with Crippen molar-refractivity contribution in [2.75, 3.05) is 20.6 Å². The molecule has 0 aromatic carbocycles. The van der Waals surface area contributed by atoms with Crippen LogP contribution in [0.4, 0.5) is 0 Å². The summed E-state index contributed by atoms with van der Waals surface area (Å²) in [7, 11) is 3.48. The van der Waals surface area contributed by atoms with Crippen LogP contribution in [0.15, 0.2) is 17.1 Å². The molecule has 1 unspecified atom stereocenters. The largest absolute Gasteiger partial charge is 0.354 e. The average Bonchev–Trinajstić information content (AvgIpc) is 2.86. The molecule has 0 saturated heterocycles. The van der Waals surface area contributed by atoms with Crippen molar-refractivity contribution in [1.29, 1.82) is 0 Å². The van der Waals surface area contributed by atoms with E-state index in [9.17, 15) is 4.79 Å². The highest BCUT2D eigenvalue weighted by molar-refractivity contribution is 14.0. The van der Waals surface area contributed by atoms with Gasteiger partial charge in [-0.1, -0.05) is 6.92 Å². The fourth-order valence-electron chi connectivity index (χ4n) is 1.53. The Bertz CT molecular complexity index is 488. The van der Waals surface area contributed by atoms with Crippen molar-refractivity contribution in [3.8, 4) is 0 Å². The van der Waals surface area contributed by atoms with Crippen LogP contribution in [0.5, 0.6) is 0 Å². The first kappa shape index (κ1) is 21.2. The fourth-order valence-corrected chi connectivity index (χ4v) is 2.36. The van der Waals surface area contributed by atoms with Gasteiger partial charge < -0.3 is 15.5 Å². The molecule has 0 aliphatic rings. The predicted molar refractivity (Wildman–Crippen MR) is 105 cm³/mol. The molecule has 1 atom stereocenters. The quantitative estimate of drug-likeness (QED) is 0.408. The maximum absolute atomic E-state index is 11.6. The predicted octanol–water partition coefficient (Wildman–Crippen LogP) is 2.60. The number of carbonyl (C=O) groups excluding carboxylic acids is 1. The third kappa shape index (κ3) is 7.98. The minimum Gasteiger partial charge on any atom is -0.354 e. The van der Waals surface area contributed by atoms with Crippen LogP contribution in [0.25, 0.3) is 0 Å². The number of thiophene rings is 1. The van der Waals surface area contributed by atoms with E-state index in [1.54, 1.807) is 30.3 Å². The zero-order chi connectivity index (χ0) is 15.8. The summed E-state index contributed by atoms with van der Waals surface area (Å²) in [5, 5.41) is 6.60. The molecule has 1 aromatic rings. The van der Waals surface area contributed by atoms with Crippen LogP contribution >= 0.6 is 35.3 Å². The van der Waals surface area contributed by atoms with Gasteiger partial charge in [0, 0.05) is 29.9 Å². The molecule has 7 heteroatoms. The summed E-state index contributed by atoms with van der Waals surface area (Å²) >= 11 is 1.76. The molecule has 0 aliphatic heterocycles. The summed E-state index contributed by atoms with van der Waals surface area (Å²) in [5.74, 6) is 0.679. The highest BCUT2D eigenvalue weighted by Gasteiger charge is 2.07. The number of halogens is 1. The molecule has 1 rings (SSSR count). The molecule has 0 saturated carbocycles. The Kier molecular flexibility index (Phi) is 10.4. The lowest BCUT2D eigenvalue weighted by Crippen LogP contribution is -2.42. The number of amides is 1. The first-order valence-corrected chi connectivity index (χ1v) is 8.04. The molecule has 2 N–H and O–H groups in total. The van der Waals surface area contributed by atoms with Crippen molar-refractivity contribution in [3.63, 3.8) is 0 Å². The summed E-state index contributed by atoms with van der Waals surface area (Å²) in [6, 6.07) is 4.53. The van der Waals surface area contributed by atoms with Gasteiger partial charge in [0.25, 0.3) is 0 Å². The Labute approximate surface area is 154 Å². The van der Waals surface area contributed by atoms with Crippen LogP contribution in [0.3, 0.4) is 0 Å². The van der Waals surface area contributed by atoms with Gasteiger partial charge in [0.2, 0.25) is 5.91 Å². The van der Waals surface area contributed by atoms with Crippen LogP contribution in [0, 0.1) is 6.92 Å². The fraction of sp³-hybridized carbons (Fsp3) is 0.600. The van der Waals surface area contributed by atoms with Gasteiger partial charge in [-0.25, -0.2) is 4.99 Å². The minimum absolute atomic E-state index is 0. The monoisotopic (exact) mass is 438 g/mol. The number of hydrogen-bond acceptors (Lipinski definition) is 3. The van der Waals surface area contributed by atoms with Gasteiger partial charge in [-0.3, -0.25) is 4.79 Å². The Hall–Kier alpha value is -0.830. The van der Waals surface area contributed by atoms with Crippen LogP contribution in [-0.4, -0.2) is 43.4 Å². The summed E-state index contributed by atoms with van der Waals surface area (Å²) < 4.78 is 0. The first-order chi connectivity index (χ1) is 9.92. The van der Waals surface area contributed by atoms with Crippen molar-refractivity contribution in [1.82, 2.24) is 15.5 Å². The lowest BCUT2D eigenvalue weighted by molar-refractivity contribution is -0.127. The van der Waals surface area contributed by atoms with Gasteiger partial charge in [-0.05, 0) is 32.4 Å². The zero-order valence-corrected chi connectivity index (χ0v) is 17.1. The van der Waals surface area contributed by atoms with E-state index in [0.29, 0.717) is 12.0 Å². The van der Waals surface area contributed by atoms with Gasteiger partial charge in [0.1, 0.15) is 6.54 Å². The number of carbonyl (C=O) groups is 1. The average molecular weight is 438 g/mol. The normalized spacial score (nSPS) is 12.3. The van der Waals surface area contributed by atoms with E-state index in [0.717, 1.165) is 13.0 Å². The first-order valence-electron chi connectivity index (χ1n) is 7.22. The summed E-state index contributed by atoms with van der Waals surface area (Å²) in [5.41, 5.74) is 0. The van der Waals surface area contributed by atoms with Crippen molar-refractivity contribution in [2.24, 2.45) is 4.99 Å². The van der Waals surface area contributed by atoms with Gasteiger partial charge in [-0.15, -0.1) is 35.3 Å². The number of aryl methyl sites for hydroxylation is 1. The van der Waals surface area contributed by atoms with Crippen molar-refractivity contribution < 1.29 is 4.79 Å². The molecular formula is C15H27IN4OS. The van der Waals surface area contributed by atoms with E-state index >= 15 is 0 Å². The number of likely N-dealkylation sites (N-methyl/N-ethyl adjacent to an activating group) is 1. The Balaban J connectivity index is 0.00000441. The van der Waals surface area contributed by atoms with E-state index in [1.165, 1.54) is 9.75 Å².